The van der Waals surface area contributed by atoms with Crippen molar-refractivity contribution >= 4 is 11.4 Å². The lowest BCUT2D eigenvalue weighted by Crippen LogP contribution is -2.30. The van der Waals surface area contributed by atoms with Crippen LogP contribution < -0.4 is 15.4 Å². The van der Waals surface area contributed by atoms with Crippen molar-refractivity contribution in [2.24, 2.45) is 0 Å². The number of hydrogen-bond donors (Lipinski definition) is 1. The van der Waals surface area contributed by atoms with Gasteiger partial charge >= 0.3 is 0 Å². The van der Waals surface area contributed by atoms with Crippen LogP contribution in [0.3, 0.4) is 0 Å². The fraction of sp³-hybridized carbons (Fsp3) is 0.571. The number of nitrogens with zero attached hydrogens (tertiary/aromatic N) is 1. The zero-order chi connectivity index (χ0) is 13.0. The molecule has 1 saturated heterocycles. The van der Waals surface area contributed by atoms with E-state index in [1.807, 2.05) is 6.92 Å². The Bertz CT molecular complexity index is 403. The maximum absolute atomic E-state index is 13.7. The minimum Gasteiger partial charge on any atom is -0.490 e. The highest BCUT2D eigenvalue weighted by Gasteiger charge is 2.16. The second-order valence-electron chi connectivity index (χ2n) is 4.74. The van der Waals surface area contributed by atoms with Crippen LogP contribution in [0.5, 0.6) is 5.75 Å². The molecular formula is C14H21FN2O. The second-order valence-corrected chi connectivity index (χ2v) is 4.74. The fourth-order valence-corrected chi connectivity index (χ4v) is 2.29. The number of ether oxygens (including phenoxy) is 1. The molecule has 0 unspecified atom stereocenters. The average Bonchev–Trinajstić information content (AvgIpc) is 2.39. The number of piperidine rings is 1. The van der Waals surface area contributed by atoms with Gasteiger partial charge in [0, 0.05) is 25.2 Å². The third-order valence-corrected chi connectivity index (χ3v) is 3.24. The highest BCUT2D eigenvalue weighted by atomic mass is 19.1. The maximum Gasteiger partial charge on any atom is 0.167 e. The van der Waals surface area contributed by atoms with Crippen LogP contribution in [0.2, 0.25) is 0 Å². The van der Waals surface area contributed by atoms with Crippen molar-refractivity contribution in [2.45, 2.75) is 32.6 Å². The summed E-state index contributed by atoms with van der Waals surface area (Å²) < 4.78 is 19.1. The number of halogens is 1. The molecule has 18 heavy (non-hydrogen) atoms. The van der Waals surface area contributed by atoms with Crippen molar-refractivity contribution in [3.8, 4) is 5.75 Å². The Balaban J connectivity index is 2.22. The van der Waals surface area contributed by atoms with Crippen molar-refractivity contribution < 1.29 is 9.13 Å². The lowest BCUT2D eigenvalue weighted by molar-refractivity contribution is 0.301. The minimum atomic E-state index is -0.373. The number of benzene rings is 1. The van der Waals surface area contributed by atoms with E-state index in [0.717, 1.165) is 25.2 Å². The van der Waals surface area contributed by atoms with Crippen LogP contribution in [-0.2, 0) is 0 Å². The first-order chi connectivity index (χ1) is 8.72. The van der Waals surface area contributed by atoms with Crippen LogP contribution in [0.1, 0.15) is 32.6 Å². The molecule has 1 aromatic rings. The average molecular weight is 252 g/mol. The molecule has 1 aliphatic rings. The molecule has 2 N–H and O–H groups in total. The maximum atomic E-state index is 13.7. The first-order valence-electron chi connectivity index (χ1n) is 6.69. The SMILES string of the molecule is CCCOc1cc(N2CCCCC2)c(N)cc1F. The van der Waals surface area contributed by atoms with Crippen molar-refractivity contribution in [3.63, 3.8) is 0 Å². The van der Waals surface area contributed by atoms with Gasteiger partial charge in [-0.15, -0.1) is 0 Å². The van der Waals surface area contributed by atoms with E-state index in [1.54, 1.807) is 6.07 Å². The number of anilines is 2. The predicted molar refractivity (Wildman–Crippen MR) is 72.7 cm³/mol. The summed E-state index contributed by atoms with van der Waals surface area (Å²) in [6, 6.07) is 3.11. The molecule has 1 aromatic carbocycles. The van der Waals surface area contributed by atoms with E-state index in [4.69, 9.17) is 10.5 Å². The standard InChI is InChI=1S/C14H21FN2O/c1-2-8-18-14-10-13(12(16)9-11(14)15)17-6-4-3-5-7-17/h9-10H,2-8,16H2,1H3. The molecule has 0 aromatic heterocycles. The molecule has 3 nitrogen and oxygen atoms in total. The third-order valence-electron chi connectivity index (χ3n) is 3.24. The summed E-state index contributed by atoms with van der Waals surface area (Å²) in [5.41, 5.74) is 7.32. The molecule has 0 spiro atoms. The van der Waals surface area contributed by atoms with Gasteiger partial charge in [-0.25, -0.2) is 4.39 Å². The summed E-state index contributed by atoms with van der Waals surface area (Å²) in [7, 11) is 0. The van der Waals surface area contributed by atoms with Crippen molar-refractivity contribution in [2.75, 3.05) is 30.3 Å². The molecule has 0 saturated carbocycles. The summed E-state index contributed by atoms with van der Waals surface area (Å²) >= 11 is 0. The lowest BCUT2D eigenvalue weighted by Gasteiger charge is -2.30. The molecule has 0 bridgehead atoms. The number of hydrogen-bond acceptors (Lipinski definition) is 3. The van der Waals surface area contributed by atoms with Gasteiger partial charge in [0.1, 0.15) is 0 Å². The van der Waals surface area contributed by atoms with Gasteiger partial charge < -0.3 is 15.4 Å². The van der Waals surface area contributed by atoms with Crippen LogP contribution in [0.4, 0.5) is 15.8 Å². The van der Waals surface area contributed by atoms with Crippen LogP contribution in [0.15, 0.2) is 12.1 Å². The summed E-state index contributed by atoms with van der Waals surface area (Å²) in [6.45, 7) is 4.51. The Labute approximate surface area is 108 Å². The molecule has 0 amide bonds. The molecule has 0 aliphatic carbocycles. The van der Waals surface area contributed by atoms with Gasteiger partial charge in [0.15, 0.2) is 11.6 Å². The first-order valence-corrected chi connectivity index (χ1v) is 6.69. The van der Waals surface area contributed by atoms with Gasteiger partial charge in [-0.2, -0.15) is 0 Å². The summed E-state index contributed by atoms with van der Waals surface area (Å²) in [5.74, 6) is -0.0617. The van der Waals surface area contributed by atoms with Crippen LogP contribution in [0, 0.1) is 5.82 Å². The highest BCUT2D eigenvalue weighted by Crippen LogP contribution is 2.32. The largest absolute Gasteiger partial charge is 0.490 e. The summed E-state index contributed by atoms with van der Waals surface area (Å²) in [4.78, 5) is 2.22. The monoisotopic (exact) mass is 252 g/mol. The lowest BCUT2D eigenvalue weighted by atomic mass is 10.1. The second kappa shape index (κ2) is 5.94. The number of nitrogen functional groups attached to an aromatic ring is 1. The summed E-state index contributed by atoms with van der Waals surface area (Å²) in [6.07, 6.45) is 4.46. The van der Waals surface area contributed by atoms with Crippen molar-refractivity contribution in [3.05, 3.63) is 17.9 Å². The van der Waals surface area contributed by atoms with E-state index in [-0.39, 0.29) is 5.82 Å². The van der Waals surface area contributed by atoms with Gasteiger partial charge in [-0.1, -0.05) is 6.92 Å². The Hall–Kier alpha value is -1.45. The Morgan fingerprint density at radius 1 is 1.28 bits per heavy atom. The Kier molecular flexibility index (Phi) is 4.28. The van der Waals surface area contributed by atoms with E-state index in [1.165, 1.54) is 25.3 Å². The Morgan fingerprint density at radius 2 is 2.00 bits per heavy atom. The van der Waals surface area contributed by atoms with Crippen LogP contribution in [-0.4, -0.2) is 19.7 Å². The van der Waals surface area contributed by atoms with Crippen LogP contribution in [0.25, 0.3) is 0 Å². The molecule has 100 valence electrons. The molecule has 1 heterocycles. The predicted octanol–water partition coefficient (Wildman–Crippen LogP) is 3.19. The normalized spacial score (nSPS) is 15.8. The molecule has 2 rings (SSSR count). The van der Waals surface area contributed by atoms with E-state index in [2.05, 4.69) is 4.90 Å². The third kappa shape index (κ3) is 2.86. The van der Waals surface area contributed by atoms with E-state index >= 15 is 0 Å². The Morgan fingerprint density at radius 3 is 2.67 bits per heavy atom. The zero-order valence-electron chi connectivity index (χ0n) is 10.9. The first kappa shape index (κ1) is 13.0. The van der Waals surface area contributed by atoms with E-state index in [0.29, 0.717) is 18.0 Å². The van der Waals surface area contributed by atoms with Gasteiger partial charge in [0.05, 0.1) is 18.0 Å². The van der Waals surface area contributed by atoms with Gasteiger partial charge in [0.2, 0.25) is 0 Å². The molecule has 0 atom stereocenters. The number of nitrogens with two attached hydrogens (primary N) is 1. The molecule has 1 fully saturated rings. The van der Waals surface area contributed by atoms with Crippen molar-refractivity contribution in [1.82, 2.24) is 0 Å². The fourth-order valence-electron chi connectivity index (χ4n) is 2.29. The van der Waals surface area contributed by atoms with E-state index < -0.39 is 0 Å². The highest BCUT2D eigenvalue weighted by molar-refractivity contribution is 5.70. The van der Waals surface area contributed by atoms with Crippen molar-refractivity contribution in [1.29, 1.82) is 0 Å². The smallest absolute Gasteiger partial charge is 0.167 e. The summed E-state index contributed by atoms with van der Waals surface area (Å²) in [5, 5.41) is 0. The van der Waals surface area contributed by atoms with Gasteiger partial charge in [0.25, 0.3) is 0 Å². The molecule has 1 aliphatic heterocycles. The van der Waals surface area contributed by atoms with Crippen LogP contribution >= 0.6 is 0 Å². The quantitative estimate of drug-likeness (QED) is 0.836. The minimum absolute atomic E-state index is 0.312. The molecule has 4 heteroatoms. The molecular weight excluding hydrogens is 231 g/mol. The number of rotatable bonds is 4. The van der Waals surface area contributed by atoms with E-state index in [9.17, 15) is 4.39 Å². The van der Waals surface area contributed by atoms with Gasteiger partial charge in [-0.05, 0) is 25.7 Å². The topological polar surface area (TPSA) is 38.5 Å². The van der Waals surface area contributed by atoms with Gasteiger partial charge in [-0.3, -0.25) is 0 Å². The molecule has 0 radical (unpaired) electrons. The zero-order valence-corrected chi connectivity index (χ0v) is 10.9.